The molecule has 0 spiro atoms. The monoisotopic (exact) mass is 576 g/mol. The summed E-state index contributed by atoms with van der Waals surface area (Å²) in [6.45, 7) is 24.4. The summed E-state index contributed by atoms with van der Waals surface area (Å²) in [6, 6.07) is 0. The highest BCUT2D eigenvalue weighted by Gasteiger charge is 2.38. The van der Waals surface area contributed by atoms with Crippen LogP contribution in [0.5, 0.6) is 0 Å². The molecule has 36 heavy (non-hydrogen) atoms. The lowest BCUT2D eigenvalue weighted by molar-refractivity contribution is -0.0912. The molecule has 206 valence electrons. The fourth-order valence-electron chi connectivity index (χ4n) is 3.26. The SMILES string of the molecule is CC[C@@H](O[C@H](CO)CO[Si](C)(C)C(C)(C)C)n1cc(CCl)c2c(Cl)nc(N[Si](C)(C)C(C)(C)C)nc21. The van der Waals surface area contributed by atoms with Crippen molar-refractivity contribution in [1.82, 2.24) is 14.5 Å². The highest BCUT2D eigenvalue weighted by Crippen LogP contribution is 2.38. The Bertz CT molecular complexity index is 1030. The predicted octanol–water partition coefficient (Wildman–Crippen LogP) is 7.55. The molecule has 2 N–H and O–H groups in total. The van der Waals surface area contributed by atoms with Crippen molar-refractivity contribution in [3.05, 3.63) is 16.9 Å². The van der Waals surface area contributed by atoms with E-state index in [2.05, 4.69) is 77.7 Å². The number of rotatable bonds is 11. The van der Waals surface area contributed by atoms with Crippen LogP contribution in [0.4, 0.5) is 5.95 Å². The van der Waals surface area contributed by atoms with Crippen LogP contribution in [0.1, 0.15) is 66.7 Å². The Morgan fingerprint density at radius 3 is 2.17 bits per heavy atom. The van der Waals surface area contributed by atoms with E-state index in [0.717, 1.165) is 10.9 Å². The average molecular weight is 578 g/mol. The van der Waals surface area contributed by atoms with Gasteiger partial charge in [-0.2, -0.15) is 4.98 Å². The molecule has 2 aromatic heterocycles. The van der Waals surface area contributed by atoms with E-state index in [4.69, 9.17) is 37.3 Å². The standard InChI is InChI=1S/C25H46Cl2N4O3Si2/c1-12-19(34-18(15-32)16-33-36(10,11)25(5,6)7)31-14-17(13-26)20-21(27)28-23(29-22(20)31)30-35(8,9)24(2,3)4/h14,18-19,32H,12-13,15-16H2,1-11H3,(H,28,29,30)/t18-,19-/m1/s1. The van der Waals surface area contributed by atoms with E-state index in [0.29, 0.717) is 29.8 Å². The molecule has 0 fully saturated rings. The fourth-order valence-corrected chi connectivity index (χ4v) is 5.83. The molecule has 0 radical (unpaired) electrons. The number of aromatic nitrogens is 3. The molecule has 2 atom stereocenters. The van der Waals surface area contributed by atoms with Gasteiger partial charge in [0.15, 0.2) is 16.6 Å². The van der Waals surface area contributed by atoms with Crippen LogP contribution in [0.15, 0.2) is 6.20 Å². The summed E-state index contributed by atoms with van der Waals surface area (Å²) in [5, 5.41) is 11.4. The third kappa shape index (κ3) is 7.04. The molecule has 0 aliphatic rings. The summed E-state index contributed by atoms with van der Waals surface area (Å²) in [5.41, 5.74) is 1.51. The van der Waals surface area contributed by atoms with Gasteiger partial charge in [-0.15, -0.1) is 11.6 Å². The largest absolute Gasteiger partial charge is 0.414 e. The fraction of sp³-hybridized carbons (Fsp3) is 0.760. The van der Waals surface area contributed by atoms with Crippen molar-refractivity contribution < 1.29 is 14.3 Å². The Labute approximate surface area is 229 Å². The van der Waals surface area contributed by atoms with E-state index in [-0.39, 0.29) is 28.8 Å². The van der Waals surface area contributed by atoms with Crippen molar-refractivity contribution >= 4 is 56.7 Å². The molecule has 0 aliphatic heterocycles. The number of nitrogens with zero attached hydrogens (tertiary/aromatic N) is 3. The molecule has 0 aliphatic carbocycles. The van der Waals surface area contributed by atoms with Gasteiger partial charge in [-0.25, -0.2) is 4.98 Å². The summed E-state index contributed by atoms with van der Waals surface area (Å²) in [5.74, 6) is 0.782. The topological polar surface area (TPSA) is 81.4 Å². The van der Waals surface area contributed by atoms with Gasteiger partial charge < -0.3 is 23.8 Å². The quantitative estimate of drug-likeness (QED) is 0.163. The molecule has 2 heterocycles. The minimum Gasteiger partial charge on any atom is -0.414 e. The maximum absolute atomic E-state index is 10.1. The zero-order valence-corrected chi connectivity index (χ0v) is 27.4. The highest BCUT2D eigenvalue weighted by atomic mass is 35.5. The van der Waals surface area contributed by atoms with Gasteiger partial charge in [0.05, 0.1) is 18.6 Å². The normalized spacial score (nSPS) is 15.4. The second-order valence-corrected chi connectivity index (χ2v) is 23.0. The first-order chi connectivity index (χ1) is 16.4. The lowest BCUT2D eigenvalue weighted by atomic mass is 10.2. The molecule has 7 nitrogen and oxygen atoms in total. The van der Waals surface area contributed by atoms with Crippen molar-refractivity contribution in [2.24, 2.45) is 0 Å². The van der Waals surface area contributed by atoms with Crippen molar-refractivity contribution in [2.75, 3.05) is 18.2 Å². The Morgan fingerprint density at radius 2 is 1.69 bits per heavy atom. The Kier molecular flexibility index (Phi) is 10.2. The van der Waals surface area contributed by atoms with Crippen molar-refractivity contribution in [1.29, 1.82) is 0 Å². The number of nitrogens with one attached hydrogen (secondary N) is 1. The zero-order chi connectivity index (χ0) is 27.7. The Balaban J connectivity index is 2.44. The Hall–Kier alpha value is -0.686. The highest BCUT2D eigenvalue weighted by molar-refractivity contribution is 6.82. The second-order valence-electron chi connectivity index (χ2n) is 12.6. The van der Waals surface area contributed by atoms with Crippen LogP contribution in [0.2, 0.25) is 41.4 Å². The number of fused-ring (bicyclic) bond motifs is 1. The lowest BCUT2D eigenvalue weighted by Gasteiger charge is -2.37. The van der Waals surface area contributed by atoms with Crippen molar-refractivity contribution in [2.45, 2.75) is 109 Å². The number of alkyl halides is 1. The van der Waals surface area contributed by atoms with Crippen LogP contribution < -0.4 is 4.98 Å². The smallest absolute Gasteiger partial charge is 0.218 e. The summed E-state index contributed by atoms with van der Waals surface area (Å²) in [4.78, 5) is 13.1. The van der Waals surface area contributed by atoms with Crippen LogP contribution >= 0.6 is 23.2 Å². The number of anilines is 1. The van der Waals surface area contributed by atoms with Gasteiger partial charge in [0.2, 0.25) is 5.95 Å². The van der Waals surface area contributed by atoms with Crippen LogP contribution in [0, 0.1) is 0 Å². The van der Waals surface area contributed by atoms with Gasteiger partial charge in [0.1, 0.15) is 23.1 Å². The maximum Gasteiger partial charge on any atom is 0.218 e. The molecule has 0 amide bonds. The molecule has 2 rings (SSSR count). The summed E-state index contributed by atoms with van der Waals surface area (Å²) in [7, 11) is -3.91. The first-order valence-corrected chi connectivity index (χ1v) is 19.5. The number of aliphatic hydroxyl groups excluding tert-OH is 1. The van der Waals surface area contributed by atoms with Crippen molar-refractivity contribution in [3.63, 3.8) is 0 Å². The molecular formula is C25H46Cl2N4O3Si2. The summed E-state index contributed by atoms with van der Waals surface area (Å²) in [6.07, 6.45) is 1.75. The van der Waals surface area contributed by atoms with Crippen LogP contribution in [-0.4, -0.2) is 55.5 Å². The molecule has 2 aromatic rings. The summed E-state index contributed by atoms with van der Waals surface area (Å²) >= 11 is 13.0. The van der Waals surface area contributed by atoms with Gasteiger partial charge in [-0.05, 0) is 35.2 Å². The molecule has 0 saturated heterocycles. The summed E-state index contributed by atoms with van der Waals surface area (Å²) < 4.78 is 14.7. The van der Waals surface area contributed by atoms with E-state index < -0.39 is 22.7 Å². The van der Waals surface area contributed by atoms with Gasteiger partial charge >= 0.3 is 0 Å². The van der Waals surface area contributed by atoms with Gasteiger partial charge in [-0.1, -0.05) is 73.2 Å². The van der Waals surface area contributed by atoms with E-state index in [1.807, 2.05) is 17.7 Å². The minimum atomic E-state index is -1.98. The second kappa shape index (κ2) is 11.6. The molecule has 0 unspecified atom stereocenters. The van der Waals surface area contributed by atoms with Crippen LogP contribution in [0.25, 0.3) is 11.0 Å². The first kappa shape index (κ1) is 31.5. The zero-order valence-electron chi connectivity index (χ0n) is 23.9. The third-order valence-electron chi connectivity index (χ3n) is 7.80. The lowest BCUT2D eigenvalue weighted by Crippen LogP contribution is -2.46. The Morgan fingerprint density at radius 1 is 1.08 bits per heavy atom. The van der Waals surface area contributed by atoms with Gasteiger partial charge in [-0.3, -0.25) is 0 Å². The van der Waals surface area contributed by atoms with Gasteiger partial charge in [0, 0.05) is 12.1 Å². The predicted molar refractivity (Wildman–Crippen MR) is 157 cm³/mol. The molecule has 0 aromatic carbocycles. The minimum absolute atomic E-state index is 0.0737. The third-order valence-corrected chi connectivity index (χ3v) is 17.5. The first-order valence-electron chi connectivity index (χ1n) is 12.7. The van der Waals surface area contributed by atoms with E-state index in [1.54, 1.807) is 0 Å². The number of halogens is 2. The van der Waals surface area contributed by atoms with Crippen LogP contribution in [0.3, 0.4) is 0 Å². The van der Waals surface area contributed by atoms with Crippen molar-refractivity contribution in [3.8, 4) is 0 Å². The molecule has 0 bridgehead atoms. The van der Waals surface area contributed by atoms with E-state index in [1.165, 1.54) is 0 Å². The number of hydrogen-bond acceptors (Lipinski definition) is 6. The average Bonchev–Trinajstić information content (AvgIpc) is 3.11. The van der Waals surface area contributed by atoms with Crippen LogP contribution in [-0.2, 0) is 15.0 Å². The number of hydrogen-bond donors (Lipinski definition) is 2. The molecular weight excluding hydrogens is 531 g/mol. The van der Waals surface area contributed by atoms with Gasteiger partial charge in [0.25, 0.3) is 0 Å². The maximum atomic E-state index is 10.1. The molecule has 0 saturated carbocycles. The number of ether oxygens (including phenoxy) is 1. The molecule has 11 heteroatoms. The van der Waals surface area contributed by atoms with E-state index in [9.17, 15) is 5.11 Å². The number of aliphatic hydroxyl groups is 1. The van der Waals surface area contributed by atoms with E-state index >= 15 is 0 Å².